The van der Waals surface area contributed by atoms with Gasteiger partial charge in [-0.1, -0.05) is 30.3 Å². The summed E-state index contributed by atoms with van der Waals surface area (Å²) in [5, 5.41) is 20.8. The Labute approximate surface area is 130 Å². The number of fused-ring (bicyclic) bond motifs is 1. The minimum absolute atomic E-state index is 0.0354. The highest BCUT2D eigenvalue weighted by molar-refractivity contribution is 5.81. The van der Waals surface area contributed by atoms with E-state index in [0.717, 1.165) is 12.0 Å². The summed E-state index contributed by atoms with van der Waals surface area (Å²) in [6.45, 7) is 2.40. The van der Waals surface area contributed by atoms with Crippen LogP contribution in [0.15, 0.2) is 30.3 Å². The summed E-state index contributed by atoms with van der Waals surface area (Å²) in [7, 11) is 1.34. The fraction of sp³-hybridized carbons (Fsp3) is 0.588. The fourth-order valence-corrected chi connectivity index (χ4v) is 4.24. The van der Waals surface area contributed by atoms with Gasteiger partial charge in [0.2, 0.25) is 0 Å². The smallest absolute Gasteiger partial charge is 0.316 e. The maximum Gasteiger partial charge on any atom is 0.316 e. The van der Waals surface area contributed by atoms with Crippen LogP contribution in [-0.4, -0.2) is 47.6 Å². The Morgan fingerprint density at radius 1 is 1.41 bits per heavy atom. The highest BCUT2D eigenvalue weighted by Crippen LogP contribution is 2.65. The summed E-state index contributed by atoms with van der Waals surface area (Å²) in [6, 6.07) is 9.85. The Morgan fingerprint density at radius 2 is 2.09 bits per heavy atom. The molecule has 1 heterocycles. The summed E-state index contributed by atoms with van der Waals surface area (Å²) < 4.78 is 4.95. The second-order valence-corrected chi connectivity index (χ2v) is 6.53. The van der Waals surface area contributed by atoms with Crippen LogP contribution in [0.25, 0.3) is 0 Å². The van der Waals surface area contributed by atoms with Crippen LogP contribution in [-0.2, 0) is 9.53 Å². The normalized spacial score (nSPS) is 35.5. The van der Waals surface area contributed by atoms with E-state index in [1.165, 1.54) is 7.11 Å². The molecule has 0 bridgehead atoms. The molecular formula is C17H23NO4. The average molecular weight is 305 g/mol. The Morgan fingerprint density at radius 3 is 2.59 bits per heavy atom. The Bertz CT molecular complexity index is 559. The van der Waals surface area contributed by atoms with Crippen LogP contribution >= 0.6 is 0 Å². The number of carbonyl (C=O) groups excluding carboxylic acids is 1. The molecule has 1 saturated heterocycles. The molecule has 2 N–H and O–H groups in total. The summed E-state index contributed by atoms with van der Waals surface area (Å²) in [5.74, 6) is -0.414. The summed E-state index contributed by atoms with van der Waals surface area (Å²) in [5.41, 5.74) is -0.516. The lowest BCUT2D eigenvalue weighted by Gasteiger charge is -2.52. The first-order valence-corrected chi connectivity index (χ1v) is 7.70. The third kappa shape index (κ3) is 1.79. The molecule has 1 aromatic carbocycles. The molecule has 4 atom stereocenters. The number of methoxy groups -OCH3 is 1. The van der Waals surface area contributed by atoms with Crippen LogP contribution in [0.4, 0.5) is 0 Å². The van der Waals surface area contributed by atoms with E-state index in [0.29, 0.717) is 13.0 Å². The van der Waals surface area contributed by atoms with Gasteiger partial charge in [-0.05, 0) is 25.3 Å². The second-order valence-electron chi connectivity index (χ2n) is 6.53. The number of benzene rings is 1. The molecule has 0 amide bonds. The van der Waals surface area contributed by atoms with Gasteiger partial charge >= 0.3 is 5.97 Å². The van der Waals surface area contributed by atoms with E-state index in [-0.39, 0.29) is 12.6 Å². The maximum absolute atomic E-state index is 12.4. The summed E-state index contributed by atoms with van der Waals surface area (Å²) in [4.78, 5) is 14.3. The number of carbonyl (C=O) groups is 1. The zero-order chi connectivity index (χ0) is 16.0. The number of nitrogens with zero attached hydrogens (tertiary/aromatic N) is 1. The molecule has 120 valence electrons. The molecule has 5 nitrogen and oxygen atoms in total. The first kappa shape index (κ1) is 15.5. The van der Waals surface area contributed by atoms with Gasteiger partial charge in [-0.15, -0.1) is 0 Å². The molecule has 2 aliphatic rings. The average Bonchev–Trinajstić information content (AvgIpc) is 2.71. The number of aliphatic hydroxyl groups is 2. The van der Waals surface area contributed by atoms with Gasteiger partial charge in [0.25, 0.3) is 0 Å². The molecule has 22 heavy (non-hydrogen) atoms. The summed E-state index contributed by atoms with van der Waals surface area (Å²) in [6.07, 6.45) is 0.351. The van der Waals surface area contributed by atoms with E-state index in [1.807, 2.05) is 42.2 Å². The minimum Gasteiger partial charge on any atom is -0.468 e. The van der Waals surface area contributed by atoms with Crippen LogP contribution in [0.3, 0.4) is 0 Å². The van der Waals surface area contributed by atoms with E-state index in [4.69, 9.17) is 4.74 Å². The van der Waals surface area contributed by atoms with E-state index in [2.05, 4.69) is 0 Å². The number of aliphatic hydroxyl groups excluding tert-OH is 2. The molecule has 2 fully saturated rings. The third-order valence-corrected chi connectivity index (χ3v) is 5.82. The van der Waals surface area contributed by atoms with Gasteiger partial charge in [-0.3, -0.25) is 9.69 Å². The number of hydrogen-bond acceptors (Lipinski definition) is 5. The zero-order valence-corrected chi connectivity index (χ0v) is 13.0. The van der Waals surface area contributed by atoms with Gasteiger partial charge in [-0.25, -0.2) is 0 Å². The van der Waals surface area contributed by atoms with Crippen molar-refractivity contribution in [2.24, 2.45) is 10.8 Å². The number of esters is 1. The number of hydrogen-bond donors (Lipinski definition) is 2. The minimum atomic E-state index is -1.00. The van der Waals surface area contributed by atoms with Crippen LogP contribution in [0.1, 0.15) is 31.4 Å². The Balaban J connectivity index is 1.95. The van der Waals surface area contributed by atoms with Gasteiger partial charge < -0.3 is 14.9 Å². The molecule has 5 heteroatoms. The van der Waals surface area contributed by atoms with Crippen LogP contribution in [0.5, 0.6) is 0 Å². The lowest BCUT2D eigenvalue weighted by molar-refractivity contribution is -0.197. The zero-order valence-electron chi connectivity index (χ0n) is 13.0. The van der Waals surface area contributed by atoms with Gasteiger partial charge in [0.1, 0.15) is 11.6 Å². The molecule has 0 aromatic heterocycles. The van der Waals surface area contributed by atoms with Crippen molar-refractivity contribution < 1.29 is 19.7 Å². The molecular weight excluding hydrogens is 282 g/mol. The largest absolute Gasteiger partial charge is 0.468 e. The summed E-state index contributed by atoms with van der Waals surface area (Å²) >= 11 is 0. The number of rotatable bonds is 4. The molecule has 1 aliphatic carbocycles. The first-order chi connectivity index (χ1) is 10.5. The molecule has 1 saturated carbocycles. The van der Waals surface area contributed by atoms with Gasteiger partial charge in [-0.2, -0.15) is 0 Å². The van der Waals surface area contributed by atoms with Crippen molar-refractivity contribution in [1.82, 2.24) is 4.90 Å². The molecule has 0 radical (unpaired) electrons. The van der Waals surface area contributed by atoms with E-state index < -0.39 is 23.0 Å². The van der Waals surface area contributed by atoms with Crippen LogP contribution in [0.2, 0.25) is 0 Å². The van der Waals surface area contributed by atoms with Crippen molar-refractivity contribution in [2.75, 3.05) is 20.3 Å². The monoisotopic (exact) mass is 305 g/mol. The van der Waals surface area contributed by atoms with Crippen LogP contribution < -0.4 is 0 Å². The predicted octanol–water partition coefficient (Wildman–Crippen LogP) is 1.31. The van der Waals surface area contributed by atoms with Crippen molar-refractivity contribution in [3.63, 3.8) is 0 Å². The SMILES string of the molecule is COC(=O)[C@@]12CC[C@]1(CO)CN([C@H](C)c1ccccc1)C2O. The highest BCUT2D eigenvalue weighted by Gasteiger charge is 2.73. The van der Waals surface area contributed by atoms with Crippen molar-refractivity contribution in [1.29, 1.82) is 0 Å². The molecule has 0 spiro atoms. The molecule has 1 unspecified atom stereocenters. The number of likely N-dealkylation sites (tertiary alicyclic amines) is 1. The quantitative estimate of drug-likeness (QED) is 0.821. The Kier molecular flexibility index (Phi) is 3.75. The van der Waals surface area contributed by atoms with Crippen molar-refractivity contribution in [2.45, 2.75) is 32.0 Å². The molecule has 1 aliphatic heterocycles. The third-order valence-electron chi connectivity index (χ3n) is 5.82. The highest BCUT2D eigenvalue weighted by atomic mass is 16.5. The van der Waals surface area contributed by atoms with Crippen molar-refractivity contribution in [3.8, 4) is 0 Å². The fourth-order valence-electron chi connectivity index (χ4n) is 4.24. The van der Waals surface area contributed by atoms with E-state index >= 15 is 0 Å². The molecule has 1 aromatic rings. The van der Waals surface area contributed by atoms with Crippen LogP contribution in [0, 0.1) is 10.8 Å². The molecule has 3 rings (SSSR count). The lowest BCUT2D eigenvalue weighted by Crippen LogP contribution is -2.60. The van der Waals surface area contributed by atoms with Gasteiger partial charge in [0.05, 0.1) is 13.7 Å². The van der Waals surface area contributed by atoms with Crippen molar-refractivity contribution in [3.05, 3.63) is 35.9 Å². The van der Waals surface area contributed by atoms with Gasteiger partial charge in [0, 0.05) is 18.0 Å². The second kappa shape index (κ2) is 5.33. The lowest BCUT2D eigenvalue weighted by atomic mass is 9.50. The Hall–Kier alpha value is -1.43. The van der Waals surface area contributed by atoms with Crippen molar-refractivity contribution >= 4 is 5.97 Å². The maximum atomic E-state index is 12.4. The standard InChI is InChI=1S/C17H23NO4/c1-12(13-6-4-3-5-7-13)18-10-16(11-19)8-9-17(16,14(18)20)15(21)22-2/h3-7,12,14,19-20H,8-11H2,1-2H3/t12-,14?,16-,17+/m1/s1. The van der Waals surface area contributed by atoms with E-state index in [1.54, 1.807) is 0 Å². The van der Waals surface area contributed by atoms with Gasteiger partial charge in [0.15, 0.2) is 0 Å². The van der Waals surface area contributed by atoms with E-state index in [9.17, 15) is 15.0 Å². The first-order valence-electron chi connectivity index (χ1n) is 7.70. The number of ether oxygens (including phenoxy) is 1. The predicted molar refractivity (Wildman–Crippen MR) is 80.8 cm³/mol. The topological polar surface area (TPSA) is 70.0 Å².